The van der Waals surface area contributed by atoms with Crippen LogP contribution >= 0.6 is 0 Å². The molecule has 0 aromatic carbocycles. The molecule has 0 bridgehead atoms. The van der Waals surface area contributed by atoms with E-state index in [2.05, 4.69) is 39.3 Å². The molecule has 0 spiro atoms. The summed E-state index contributed by atoms with van der Waals surface area (Å²) >= 11 is 0. The molecular weight excluding hydrogens is 400 g/mol. The number of hydrogen-bond acceptors (Lipinski definition) is 5. The second-order valence-electron chi connectivity index (χ2n) is 10.4. The fourth-order valence-corrected chi connectivity index (χ4v) is 6.78. The zero-order valence-electron chi connectivity index (χ0n) is 20.2. The van der Waals surface area contributed by atoms with Gasteiger partial charge in [0.05, 0.1) is 25.7 Å². The van der Waals surface area contributed by atoms with Crippen molar-refractivity contribution in [3.63, 3.8) is 0 Å². The molecule has 5 nitrogen and oxygen atoms in total. The maximum Gasteiger partial charge on any atom is 0.305 e. The van der Waals surface area contributed by atoms with Crippen LogP contribution in [0.25, 0.3) is 0 Å². The molecule has 1 aliphatic rings. The maximum atomic E-state index is 12.2. The van der Waals surface area contributed by atoms with Crippen molar-refractivity contribution < 1.29 is 23.1 Å². The fraction of sp³-hybridized carbons (Fsp3) is 0.955. The lowest BCUT2D eigenvalue weighted by Crippen LogP contribution is -2.36. The highest BCUT2D eigenvalue weighted by atomic mass is 28.4. The lowest BCUT2D eigenvalue weighted by Gasteiger charge is -2.31. The Hall–Kier alpha value is -0.216. The summed E-state index contributed by atoms with van der Waals surface area (Å²) in [6, 6.07) is 0. The van der Waals surface area contributed by atoms with Crippen molar-refractivity contribution >= 4 is 22.6 Å². The predicted octanol–water partition coefficient (Wildman–Crippen LogP) is 5.61. The second-order valence-corrected chi connectivity index (χ2v) is 19.4. The van der Waals surface area contributed by atoms with Crippen molar-refractivity contribution in [1.82, 2.24) is 0 Å². The average Bonchev–Trinajstić information content (AvgIpc) is 2.86. The van der Waals surface area contributed by atoms with Gasteiger partial charge in [0.15, 0.2) is 16.6 Å². The van der Waals surface area contributed by atoms with Crippen LogP contribution < -0.4 is 0 Å². The van der Waals surface area contributed by atoms with Gasteiger partial charge >= 0.3 is 5.97 Å². The van der Waals surface area contributed by atoms with E-state index < -0.39 is 16.6 Å². The van der Waals surface area contributed by atoms with E-state index in [0.717, 1.165) is 25.9 Å². The Morgan fingerprint density at radius 3 is 1.83 bits per heavy atom. The van der Waals surface area contributed by atoms with Crippen LogP contribution in [0.2, 0.25) is 39.3 Å². The molecule has 0 unspecified atom stereocenters. The van der Waals surface area contributed by atoms with Gasteiger partial charge in [-0.2, -0.15) is 0 Å². The zero-order chi connectivity index (χ0) is 22.1. The van der Waals surface area contributed by atoms with E-state index >= 15 is 0 Å². The van der Waals surface area contributed by atoms with E-state index in [4.69, 9.17) is 18.3 Å². The third-order valence-corrected chi connectivity index (χ3v) is 7.52. The van der Waals surface area contributed by atoms with Crippen molar-refractivity contribution in [3.05, 3.63) is 0 Å². The molecule has 1 fully saturated rings. The van der Waals surface area contributed by atoms with Gasteiger partial charge in [0.2, 0.25) is 0 Å². The van der Waals surface area contributed by atoms with E-state index in [1.165, 1.54) is 32.8 Å². The van der Waals surface area contributed by atoms with Gasteiger partial charge in [0.1, 0.15) is 0 Å². The summed E-state index contributed by atoms with van der Waals surface area (Å²) in [7, 11) is -0.136. The van der Waals surface area contributed by atoms with Crippen molar-refractivity contribution in [3.8, 4) is 0 Å². The van der Waals surface area contributed by atoms with Crippen molar-refractivity contribution in [2.45, 2.75) is 103 Å². The Bertz CT molecular complexity index is 473. The molecule has 0 aliphatic heterocycles. The van der Waals surface area contributed by atoms with Crippen LogP contribution in [0.1, 0.15) is 51.4 Å². The molecule has 0 heterocycles. The Labute approximate surface area is 181 Å². The number of carbonyl (C=O) groups is 1. The van der Waals surface area contributed by atoms with E-state index in [1.807, 2.05) is 0 Å². The molecular formula is C22H46O5Si2. The summed E-state index contributed by atoms with van der Waals surface area (Å²) in [5.74, 6) is 0.447. The Balaban J connectivity index is 2.82. The maximum absolute atomic E-state index is 12.2. The molecule has 0 saturated heterocycles. The number of hydrogen-bond donors (Lipinski definition) is 0. The Morgan fingerprint density at radius 2 is 1.31 bits per heavy atom. The fourth-order valence-electron chi connectivity index (χ4n) is 4.42. The first-order chi connectivity index (χ1) is 13.5. The van der Waals surface area contributed by atoms with Gasteiger partial charge in [-0.05, 0) is 70.4 Å². The highest BCUT2D eigenvalue weighted by molar-refractivity contribution is 6.70. The van der Waals surface area contributed by atoms with Gasteiger partial charge in [-0.25, -0.2) is 0 Å². The molecule has 0 aromatic heterocycles. The number of esters is 1. The Kier molecular flexibility index (Phi) is 11.6. The summed E-state index contributed by atoms with van der Waals surface area (Å²) in [6.07, 6.45) is 8.77. The van der Waals surface area contributed by atoms with Crippen LogP contribution in [0.4, 0.5) is 0 Å². The van der Waals surface area contributed by atoms with Crippen molar-refractivity contribution in [2.24, 2.45) is 11.8 Å². The third kappa shape index (κ3) is 11.1. The summed E-state index contributed by atoms with van der Waals surface area (Å²) < 4.78 is 23.3. The standard InChI is InChI=1S/C22H46O5Si2/c1-24-15-13-11-9-10-12-14-18-19(16-22(23)25-2)21(27-29(6,7)8)17-20(18)26-28(3,4)5/h18-21H,9-17H2,1-8H3/t18-,19-,20+,21-/m1/s1. The van der Waals surface area contributed by atoms with Gasteiger partial charge in [-0.1, -0.05) is 25.7 Å². The highest BCUT2D eigenvalue weighted by Gasteiger charge is 2.47. The minimum atomic E-state index is -1.71. The molecule has 0 aromatic rings. The molecule has 29 heavy (non-hydrogen) atoms. The van der Waals surface area contributed by atoms with E-state index in [0.29, 0.717) is 12.3 Å². The van der Waals surface area contributed by atoms with Crippen LogP contribution in [0.3, 0.4) is 0 Å². The second kappa shape index (κ2) is 12.6. The lowest BCUT2D eigenvalue weighted by molar-refractivity contribution is -0.143. The minimum Gasteiger partial charge on any atom is -0.469 e. The van der Waals surface area contributed by atoms with E-state index in [-0.39, 0.29) is 24.1 Å². The van der Waals surface area contributed by atoms with E-state index in [1.54, 1.807) is 7.11 Å². The zero-order valence-corrected chi connectivity index (χ0v) is 22.2. The van der Waals surface area contributed by atoms with Gasteiger partial charge in [-0.15, -0.1) is 0 Å². The molecule has 7 heteroatoms. The van der Waals surface area contributed by atoms with Gasteiger partial charge in [0, 0.05) is 13.7 Å². The first-order valence-electron chi connectivity index (χ1n) is 11.4. The summed E-state index contributed by atoms with van der Waals surface area (Å²) in [4.78, 5) is 12.2. The topological polar surface area (TPSA) is 54.0 Å². The van der Waals surface area contributed by atoms with E-state index in [9.17, 15) is 4.79 Å². The minimum absolute atomic E-state index is 0.105. The quantitative estimate of drug-likeness (QED) is 0.197. The molecule has 172 valence electrons. The molecule has 4 atom stereocenters. The summed E-state index contributed by atoms with van der Waals surface area (Å²) in [5.41, 5.74) is 0. The van der Waals surface area contributed by atoms with Gasteiger partial charge in [0.25, 0.3) is 0 Å². The largest absolute Gasteiger partial charge is 0.469 e. The smallest absolute Gasteiger partial charge is 0.305 e. The number of ether oxygens (including phenoxy) is 2. The molecule has 0 amide bonds. The van der Waals surface area contributed by atoms with Crippen LogP contribution in [0.15, 0.2) is 0 Å². The van der Waals surface area contributed by atoms with Crippen LogP contribution in [-0.2, 0) is 23.1 Å². The van der Waals surface area contributed by atoms with Crippen LogP contribution in [-0.4, -0.2) is 55.6 Å². The third-order valence-electron chi connectivity index (χ3n) is 5.50. The summed E-state index contributed by atoms with van der Waals surface area (Å²) in [6.45, 7) is 14.3. The highest BCUT2D eigenvalue weighted by Crippen LogP contribution is 2.43. The SMILES string of the molecule is COCCCCCCC[C@@H]1[C@@H](CC(=O)OC)[C@H](O[Si](C)(C)C)C[C@@H]1O[Si](C)(C)C. The Morgan fingerprint density at radius 1 is 0.793 bits per heavy atom. The van der Waals surface area contributed by atoms with Crippen LogP contribution in [0.5, 0.6) is 0 Å². The molecule has 1 saturated carbocycles. The number of unbranched alkanes of at least 4 members (excludes halogenated alkanes) is 4. The average molecular weight is 447 g/mol. The molecule has 0 N–H and O–H groups in total. The molecule has 1 rings (SSSR count). The van der Waals surface area contributed by atoms with Crippen LogP contribution in [0, 0.1) is 11.8 Å². The van der Waals surface area contributed by atoms with Gasteiger partial charge in [-0.3, -0.25) is 4.79 Å². The normalized spacial score (nSPS) is 25.4. The lowest BCUT2D eigenvalue weighted by atomic mass is 9.86. The van der Waals surface area contributed by atoms with Gasteiger partial charge < -0.3 is 18.3 Å². The first kappa shape index (κ1) is 26.8. The first-order valence-corrected chi connectivity index (χ1v) is 18.2. The number of rotatable bonds is 14. The van der Waals surface area contributed by atoms with Crippen molar-refractivity contribution in [1.29, 1.82) is 0 Å². The molecule has 1 aliphatic carbocycles. The summed E-state index contributed by atoms with van der Waals surface area (Å²) in [5, 5.41) is 0. The monoisotopic (exact) mass is 446 g/mol. The number of carbonyl (C=O) groups excluding carboxylic acids is 1. The molecule has 0 radical (unpaired) electrons. The predicted molar refractivity (Wildman–Crippen MR) is 124 cm³/mol. The number of methoxy groups -OCH3 is 2. The van der Waals surface area contributed by atoms with Crippen molar-refractivity contribution in [2.75, 3.05) is 20.8 Å².